The third kappa shape index (κ3) is 3.18. The minimum Gasteiger partial charge on any atom is -0.361 e. The summed E-state index contributed by atoms with van der Waals surface area (Å²) < 4.78 is 0. The fourth-order valence-electron chi connectivity index (χ4n) is 2.74. The molecule has 0 saturated carbocycles. The lowest BCUT2D eigenvalue weighted by Crippen LogP contribution is -2.38. The van der Waals surface area contributed by atoms with E-state index in [0.717, 1.165) is 24.1 Å². The summed E-state index contributed by atoms with van der Waals surface area (Å²) in [5.41, 5.74) is 2.38. The quantitative estimate of drug-likeness (QED) is 0.908. The zero-order valence-corrected chi connectivity index (χ0v) is 12.3. The smallest absolute Gasteiger partial charge is 0.220 e. The highest BCUT2D eigenvalue weighted by Gasteiger charge is 2.16. The number of para-hydroxylation sites is 1. The van der Waals surface area contributed by atoms with Crippen LogP contribution >= 0.6 is 11.8 Å². The first-order valence-electron chi connectivity index (χ1n) is 7.25. The lowest BCUT2D eigenvalue weighted by molar-refractivity contribution is -0.121. The van der Waals surface area contributed by atoms with E-state index >= 15 is 0 Å². The van der Waals surface area contributed by atoms with Crippen LogP contribution in [-0.2, 0) is 11.2 Å². The average molecular weight is 288 g/mol. The van der Waals surface area contributed by atoms with Gasteiger partial charge in [0.1, 0.15) is 0 Å². The van der Waals surface area contributed by atoms with Crippen molar-refractivity contribution in [2.24, 2.45) is 0 Å². The Kier molecular flexibility index (Phi) is 4.31. The Morgan fingerprint density at radius 2 is 2.30 bits per heavy atom. The van der Waals surface area contributed by atoms with Crippen LogP contribution in [0.5, 0.6) is 0 Å². The molecule has 1 fully saturated rings. The lowest BCUT2D eigenvalue weighted by Gasteiger charge is -2.22. The molecule has 0 spiro atoms. The van der Waals surface area contributed by atoms with Gasteiger partial charge in [0, 0.05) is 35.3 Å². The number of carbonyl (C=O) groups is 1. The van der Waals surface area contributed by atoms with E-state index < -0.39 is 0 Å². The first kappa shape index (κ1) is 13.6. The first-order valence-corrected chi connectivity index (χ1v) is 8.40. The Balaban J connectivity index is 1.54. The summed E-state index contributed by atoms with van der Waals surface area (Å²) in [5.74, 6) is 2.49. The van der Waals surface area contributed by atoms with E-state index in [-0.39, 0.29) is 5.91 Å². The Hall–Kier alpha value is -1.42. The Morgan fingerprint density at radius 3 is 3.15 bits per heavy atom. The number of H-pyrrole nitrogens is 1. The van der Waals surface area contributed by atoms with E-state index in [4.69, 9.17) is 0 Å². The molecule has 106 valence electrons. The van der Waals surface area contributed by atoms with Gasteiger partial charge in [-0.2, -0.15) is 11.8 Å². The minimum absolute atomic E-state index is 0.183. The van der Waals surface area contributed by atoms with E-state index in [1.807, 2.05) is 30.1 Å². The van der Waals surface area contributed by atoms with Crippen molar-refractivity contribution in [3.8, 4) is 0 Å². The molecule has 4 heteroatoms. The molecule has 1 aromatic carbocycles. The SMILES string of the molecule is O=C(CCc1c[nH]c2ccccc12)NC1CCCSC1. The van der Waals surface area contributed by atoms with Crippen LogP contribution in [-0.4, -0.2) is 28.4 Å². The summed E-state index contributed by atoms with van der Waals surface area (Å²) in [7, 11) is 0. The number of aromatic amines is 1. The van der Waals surface area contributed by atoms with Crippen molar-refractivity contribution in [2.75, 3.05) is 11.5 Å². The van der Waals surface area contributed by atoms with Crippen molar-refractivity contribution >= 4 is 28.6 Å². The third-order valence-corrected chi connectivity index (χ3v) is 5.04. The summed E-state index contributed by atoms with van der Waals surface area (Å²) >= 11 is 1.94. The number of carbonyl (C=O) groups excluding carboxylic acids is 1. The summed E-state index contributed by atoms with van der Waals surface area (Å²) in [5, 5.41) is 4.39. The van der Waals surface area contributed by atoms with Gasteiger partial charge in [-0.15, -0.1) is 0 Å². The van der Waals surface area contributed by atoms with Gasteiger partial charge in [0.25, 0.3) is 0 Å². The van der Waals surface area contributed by atoms with Crippen molar-refractivity contribution in [3.05, 3.63) is 36.0 Å². The van der Waals surface area contributed by atoms with Gasteiger partial charge in [-0.1, -0.05) is 18.2 Å². The standard InChI is InChI=1S/C16H20N2OS/c19-16(18-13-4-3-9-20-11-13)8-7-12-10-17-15-6-2-1-5-14(12)15/h1-2,5-6,10,13,17H,3-4,7-9,11H2,(H,18,19). The molecule has 3 nitrogen and oxygen atoms in total. The maximum Gasteiger partial charge on any atom is 0.220 e. The minimum atomic E-state index is 0.183. The van der Waals surface area contributed by atoms with Crippen LogP contribution in [0.3, 0.4) is 0 Å². The van der Waals surface area contributed by atoms with Gasteiger partial charge in [-0.25, -0.2) is 0 Å². The predicted molar refractivity (Wildman–Crippen MR) is 85.1 cm³/mol. The summed E-state index contributed by atoms with van der Waals surface area (Å²) in [4.78, 5) is 15.3. The second-order valence-electron chi connectivity index (χ2n) is 5.34. The number of hydrogen-bond donors (Lipinski definition) is 2. The van der Waals surface area contributed by atoms with Crippen LogP contribution < -0.4 is 5.32 Å². The van der Waals surface area contributed by atoms with Crippen LogP contribution in [0, 0.1) is 0 Å². The molecule has 1 unspecified atom stereocenters. The molecule has 2 aromatic rings. The van der Waals surface area contributed by atoms with Crippen LogP contribution in [0.4, 0.5) is 0 Å². The van der Waals surface area contributed by atoms with E-state index in [1.54, 1.807) is 0 Å². The monoisotopic (exact) mass is 288 g/mol. The van der Waals surface area contributed by atoms with Gasteiger partial charge in [-0.05, 0) is 36.6 Å². The van der Waals surface area contributed by atoms with Gasteiger partial charge in [0.15, 0.2) is 0 Å². The number of benzene rings is 1. The summed E-state index contributed by atoms with van der Waals surface area (Å²) in [6, 6.07) is 8.62. The molecule has 0 aliphatic carbocycles. The first-order chi connectivity index (χ1) is 9.83. The second kappa shape index (κ2) is 6.35. The topological polar surface area (TPSA) is 44.9 Å². The largest absolute Gasteiger partial charge is 0.361 e. The van der Waals surface area contributed by atoms with Gasteiger partial charge >= 0.3 is 0 Å². The van der Waals surface area contributed by atoms with Crippen molar-refractivity contribution in [1.82, 2.24) is 10.3 Å². The van der Waals surface area contributed by atoms with E-state index in [2.05, 4.69) is 22.4 Å². The molecule has 3 rings (SSSR count). The molecular formula is C16H20N2OS. The molecule has 1 aliphatic heterocycles. The number of nitrogens with one attached hydrogen (secondary N) is 2. The molecule has 20 heavy (non-hydrogen) atoms. The molecule has 1 aliphatic rings. The average Bonchev–Trinajstić information content (AvgIpc) is 2.89. The number of amides is 1. The Labute approximate surface area is 123 Å². The maximum absolute atomic E-state index is 12.0. The number of rotatable bonds is 4. The molecular weight excluding hydrogens is 268 g/mol. The van der Waals surface area contributed by atoms with Crippen molar-refractivity contribution in [2.45, 2.75) is 31.7 Å². The normalized spacial score (nSPS) is 19.1. The van der Waals surface area contributed by atoms with Crippen LogP contribution in [0.25, 0.3) is 10.9 Å². The fourth-order valence-corrected chi connectivity index (χ4v) is 3.81. The highest BCUT2D eigenvalue weighted by molar-refractivity contribution is 7.99. The molecule has 0 bridgehead atoms. The zero-order chi connectivity index (χ0) is 13.8. The molecule has 1 saturated heterocycles. The second-order valence-corrected chi connectivity index (χ2v) is 6.49. The molecule has 0 radical (unpaired) electrons. The van der Waals surface area contributed by atoms with E-state index in [0.29, 0.717) is 12.5 Å². The lowest BCUT2D eigenvalue weighted by atomic mass is 10.1. The van der Waals surface area contributed by atoms with Crippen LogP contribution in [0.1, 0.15) is 24.8 Å². The fraction of sp³-hybridized carbons (Fsp3) is 0.438. The number of fused-ring (bicyclic) bond motifs is 1. The number of thioether (sulfide) groups is 1. The van der Waals surface area contributed by atoms with Crippen molar-refractivity contribution < 1.29 is 4.79 Å². The van der Waals surface area contributed by atoms with E-state index in [1.165, 1.54) is 23.1 Å². The molecule has 1 amide bonds. The number of aryl methyl sites for hydroxylation is 1. The third-order valence-electron chi connectivity index (χ3n) is 3.82. The molecule has 2 heterocycles. The van der Waals surface area contributed by atoms with Crippen LogP contribution in [0.2, 0.25) is 0 Å². The highest BCUT2D eigenvalue weighted by Crippen LogP contribution is 2.20. The van der Waals surface area contributed by atoms with Crippen molar-refractivity contribution in [1.29, 1.82) is 0 Å². The highest BCUT2D eigenvalue weighted by atomic mass is 32.2. The maximum atomic E-state index is 12.0. The summed E-state index contributed by atoms with van der Waals surface area (Å²) in [6.07, 6.45) is 5.75. The Morgan fingerprint density at radius 1 is 1.40 bits per heavy atom. The van der Waals surface area contributed by atoms with Crippen molar-refractivity contribution in [3.63, 3.8) is 0 Å². The van der Waals surface area contributed by atoms with Gasteiger partial charge < -0.3 is 10.3 Å². The summed E-state index contributed by atoms with van der Waals surface area (Å²) in [6.45, 7) is 0. The predicted octanol–water partition coefficient (Wildman–Crippen LogP) is 3.11. The molecule has 2 N–H and O–H groups in total. The Bertz CT molecular complexity index is 587. The molecule has 1 atom stereocenters. The van der Waals surface area contributed by atoms with Gasteiger partial charge in [0.05, 0.1) is 0 Å². The van der Waals surface area contributed by atoms with Crippen LogP contribution in [0.15, 0.2) is 30.5 Å². The van der Waals surface area contributed by atoms with Gasteiger partial charge in [-0.3, -0.25) is 4.79 Å². The number of hydrogen-bond acceptors (Lipinski definition) is 2. The number of aromatic nitrogens is 1. The van der Waals surface area contributed by atoms with E-state index in [9.17, 15) is 4.79 Å². The molecule has 1 aromatic heterocycles. The zero-order valence-electron chi connectivity index (χ0n) is 11.5. The van der Waals surface area contributed by atoms with Gasteiger partial charge in [0.2, 0.25) is 5.91 Å².